The molecule has 0 aliphatic carbocycles. The molecule has 4 aromatic rings. The van der Waals surface area contributed by atoms with Gasteiger partial charge in [-0.2, -0.15) is 4.98 Å². The van der Waals surface area contributed by atoms with Crippen LogP contribution in [0.1, 0.15) is 19.4 Å². The fourth-order valence-electron chi connectivity index (χ4n) is 2.93. The van der Waals surface area contributed by atoms with Gasteiger partial charge in [0.2, 0.25) is 5.89 Å². The molecule has 2 aromatic heterocycles. The molecule has 8 heteroatoms. The van der Waals surface area contributed by atoms with Crippen molar-refractivity contribution in [1.29, 1.82) is 0 Å². The average Bonchev–Trinajstić information content (AvgIpc) is 3.16. The Morgan fingerprint density at radius 1 is 1.13 bits per heavy atom. The van der Waals surface area contributed by atoms with Gasteiger partial charge in [0.15, 0.2) is 16.8 Å². The zero-order valence-electron chi connectivity index (χ0n) is 17.1. The number of aryl methyl sites for hydroxylation is 1. The Morgan fingerprint density at radius 3 is 2.68 bits per heavy atom. The third-order valence-electron chi connectivity index (χ3n) is 4.70. The number of ether oxygens (including phenoxy) is 1. The lowest BCUT2D eigenvalue weighted by Crippen LogP contribution is -2.42. The Morgan fingerprint density at radius 2 is 1.94 bits per heavy atom. The zero-order valence-corrected chi connectivity index (χ0v) is 18.6. The lowest BCUT2D eigenvalue weighted by Gasteiger charge is -2.26. The molecule has 1 N–H and O–H groups in total. The first-order valence-corrected chi connectivity index (χ1v) is 10.3. The number of pyridine rings is 1. The van der Waals surface area contributed by atoms with E-state index in [1.165, 1.54) is 0 Å². The number of hydrogen-bond donors (Lipinski definition) is 1. The molecule has 0 atom stereocenters. The van der Waals surface area contributed by atoms with Crippen LogP contribution in [-0.2, 0) is 4.79 Å². The van der Waals surface area contributed by atoms with Crippen LogP contribution in [0, 0.1) is 6.92 Å². The van der Waals surface area contributed by atoms with Crippen molar-refractivity contribution < 1.29 is 13.9 Å². The number of hydrogen-bond acceptors (Lipinski definition) is 5. The molecule has 4 rings (SSSR count). The summed E-state index contributed by atoms with van der Waals surface area (Å²) in [6.07, 6.45) is 1.66. The maximum absolute atomic E-state index is 13.0. The summed E-state index contributed by atoms with van der Waals surface area (Å²) in [5.41, 5.74) is 2.15. The maximum atomic E-state index is 13.0. The van der Waals surface area contributed by atoms with E-state index in [1.54, 1.807) is 50.4 Å². The minimum Gasteiger partial charge on any atom is -0.476 e. The van der Waals surface area contributed by atoms with Crippen molar-refractivity contribution in [2.75, 3.05) is 5.32 Å². The van der Waals surface area contributed by atoms with E-state index < -0.39 is 5.60 Å². The van der Waals surface area contributed by atoms with Crippen LogP contribution >= 0.6 is 23.2 Å². The van der Waals surface area contributed by atoms with Crippen LogP contribution in [0.4, 0.5) is 5.69 Å². The van der Waals surface area contributed by atoms with Gasteiger partial charge in [-0.05, 0) is 68.8 Å². The standard InChI is InChI=1S/C23H19Cl2N3O3/c1-13-6-7-14(21-28-20-19(30-21)5-4-10-26-20)11-17(13)27-22(29)23(2,3)31-18-9-8-15(24)12-16(18)25/h4-12H,1-3H3,(H,27,29). The number of carbonyl (C=O) groups is 1. The number of halogens is 2. The van der Waals surface area contributed by atoms with Crippen molar-refractivity contribution >= 4 is 46.0 Å². The highest BCUT2D eigenvalue weighted by molar-refractivity contribution is 6.35. The average molecular weight is 456 g/mol. The Labute approximate surface area is 189 Å². The predicted octanol–water partition coefficient (Wildman–Crippen LogP) is 6.30. The van der Waals surface area contributed by atoms with Crippen molar-refractivity contribution in [2.45, 2.75) is 26.4 Å². The molecule has 1 amide bonds. The first-order valence-electron chi connectivity index (χ1n) is 9.51. The van der Waals surface area contributed by atoms with E-state index in [0.717, 1.165) is 11.1 Å². The lowest BCUT2D eigenvalue weighted by atomic mass is 10.1. The SMILES string of the molecule is Cc1ccc(-c2nc3ncccc3o2)cc1NC(=O)C(C)(C)Oc1ccc(Cl)cc1Cl. The van der Waals surface area contributed by atoms with Crippen molar-refractivity contribution in [2.24, 2.45) is 0 Å². The summed E-state index contributed by atoms with van der Waals surface area (Å²) in [5.74, 6) is 0.460. The van der Waals surface area contributed by atoms with Crippen LogP contribution < -0.4 is 10.1 Å². The molecule has 158 valence electrons. The molecular weight excluding hydrogens is 437 g/mol. The highest BCUT2D eigenvalue weighted by Crippen LogP contribution is 2.32. The normalized spacial score (nSPS) is 11.5. The summed E-state index contributed by atoms with van der Waals surface area (Å²) in [6.45, 7) is 5.23. The molecule has 0 aliphatic rings. The third-order valence-corrected chi connectivity index (χ3v) is 5.23. The van der Waals surface area contributed by atoms with E-state index in [2.05, 4.69) is 15.3 Å². The van der Waals surface area contributed by atoms with Crippen molar-refractivity contribution in [3.63, 3.8) is 0 Å². The summed E-state index contributed by atoms with van der Waals surface area (Å²) in [4.78, 5) is 21.6. The van der Waals surface area contributed by atoms with Crippen LogP contribution in [0.25, 0.3) is 22.7 Å². The van der Waals surface area contributed by atoms with Gasteiger partial charge >= 0.3 is 0 Å². The van der Waals surface area contributed by atoms with Crippen LogP contribution in [0.3, 0.4) is 0 Å². The van der Waals surface area contributed by atoms with Gasteiger partial charge in [0, 0.05) is 22.5 Å². The summed E-state index contributed by atoms with van der Waals surface area (Å²) in [7, 11) is 0. The summed E-state index contributed by atoms with van der Waals surface area (Å²) < 4.78 is 11.7. The Bertz CT molecular complexity index is 1250. The van der Waals surface area contributed by atoms with Crippen molar-refractivity contribution in [3.8, 4) is 17.2 Å². The summed E-state index contributed by atoms with van der Waals surface area (Å²) in [5, 5.41) is 3.74. The molecule has 6 nitrogen and oxygen atoms in total. The van der Waals surface area contributed by atoms with E-state index >= 15 is 0 Å². The van der Waals surface area contributed by atoms with Gasteiger partial charge < -0.3 is 14.5 Å². The number of amides is 1. The number of carbonyl (C=O) groups excluding carboxylic acids is 1. The van der Waals surface area contributed by atoms with Crippen molar-refractivity contribution in [1.82, 2.24) is 9.97 Å². The predicted molar refractivity (Wildman–Crippen MR) is 122 cm³/mol. The molecule has 2 aromatic carbocycles. The van der Waals surface area contributed by atoms with Crippen LogP contribution in [-0.4, -0.2) is 21.5 Å². The van der Waals surface area contributed by atoms with Gasteiger partial charge in [0.25, 0.3) is 5.91 Å². The number of aromatic nitrogens is 2. The number of benzene rings is 2. The molecule has 0 bridgehead atoms. The molecular formula is C23H19Cl2N3O3. The van der Waals surface area contributed by atoms with E-state index in [0.29, 0.717) is 38.6 Å². The fraction of sp³-hybridized carbons (Fsp3) is 0.174. The number of nitrogens with one attached hydrogen (secondary N) is 1. The van der Waals surface area contributed by atoms with Gasteiger partial charge in [-0.25, -0.2) is 4.98 Å². The molecule has 0 saturated heterocycles. The van der Waals surface area contributed by atoms with E-state index in [-0.39, 0.29) is 5.91 Å². The van der Waals surface area contributed by atoms with Crippen molar-refractivity contribution in [3.05, 3.63) is 70.3 Å². The van der Waals surface area contributed by atoms with Crippen LogP contribution in [0.15, 0.2) is 59.1 Å². The van der Waals surface area contributed by atoms with Gasteiger partial charge in [-0.1, -0.05) is 29.3 Å². The van der Waals surface area contributed by atoms with Gasteiger partial charge in [-0.3, -0.25) is 4.79 Å². The molecule has 0 fully saturated rings. The Balaban J connectivity index is 1.57. The second kappa shape index (κ2) is 8.21. The van der Waals surface area contributed by atoms with Gasteiger partial charge in [0.05, 0.1) is 5.02 Å². The quantitative estimate of drug-likeness (QED) is 0.381. The Hall–Kier alpha value is -3.09. The summed E-state index contributed by atoms with van der Waals surface area (Å²) >= 11 is 12.1. The number of rotatable bonds is 5. The first kappa shape index (κ1) is 21.2. The second-order valence-corrected chi connectivity index (χ2v) is 8.36. The number of oxazole rings is 1. The smallest absolute Gasteiger partial charge is 0.267 e. The minimum atomic E-state index is -1.19. The third kappa shape index (κ3) is 4.50. The first-order chi connectivity index (χ1) is 14.7. The maximum Gasteiger partial charge on any atom is 0.267 e. The molecule has 0 spiro atoms. The minimum absolute atomic E-state index is 0.330. The number of fused-ring (bicyclic) bond motifs is 1. The zero-order chi connectivity index (χ0) is 22.2. The molecule has 2 heterocycles. The summed E-state index contributed by atoms with van der Waals surface area (Å²) in [6, 6.07) is 14.0. The number of anilines is 1. The van der Waals surface area contributed by atoms with Crippen LogP contribution in [0.2, 0.25) is 10.0 Å². The fourth-order valence-corrected chi connectivity index (χ4v) is 3.38. The van der Waals surface area contributed by atoms with Gasteiger partial charge in [-0.15, -0.1) is 0 Å². The second-order valence-electron chi connectivity index (χ2n) is 7.52. The van der Waals surface area contributed by atoms with Gasteiger partial charge in [0.1, 0.15) is 5.75 Å². The largest absolute Gasteiger partial charge is 0.476 e. The topological polar surface area (TPSA) is 77.3 Å². The molecule has 0 saturated carbocycles. The monoisotopic (exact) mass is 455 g/mol. The molecule has 0 aliphatic heterocycles. The Kier molecular flexibility index (Phi) is 5.60. The lowest BCUT2D eigenvalue weighted by molar-refractivity contribution is -0.128. The molecule has 0 radical (unpaired) electrons. The molecule has 31 heavy (non-hydrogen) atoms. The van der Waals surface area contributed by atoms with E-state index in [4.69, 9.17) is 32.4 Å². The number of nitrogens with zero attached hydrogens (tertiary/aromatic N) is 2. The van der Waals surface area contributed by atoms with E-state index in [9.17, 15) is 4.79 Å². The highest BCUT2D eigenvalue weighted by Gasteiger charge is 2.31. The molecule has 0 unspecified atom stereocenters. The van der Waals surface area contributed by atoms with Crippen LogP contribution in [0.5, 0.6) is 5.75 Å². The van der Waals surface area contributed by atoms with E-state index in [1.807, 2.05) is 25.1 Å². The highest BCUT2D eigenvalue weighted by atomic mass is 35.5.